The number of hydrogen-bond acceptors (Lipinski definition) is 4. The number of nitrogens with two attached hydrogens (primary N) is 1. The van der Waals surface area contributed by atoms with Gasteiger partial charge in [-0.1, -0.05) is 0 Å². The molecule has 20 heavy (non-hydrogen) atoms. The van der Waals surface area contributed by atoms with Gasteiger partial charge < -0.3 is 15.8 Å². The first-order valence-corrected chi connectivity index (χ1v) is 7.79. The molecule has 5 nitrogen and oxygen atoms in total. The topological polar surface area (TPSA) is 67.6 Å². The molecule has 1 amide bonds. The fourth-order valence-electron chi connectivity index (χ4n) is 3.83. The second-order valence-electron chi connectivity index (χ2n) is 6.85. The minimum Gasteiger partial charge on any atom is -0.373 e. The van der Waals surface area contributed by atoms with Crippen molar-refractivity contribution in [1.29, 1.82) is 0 Å². The van der Waals surface area contributed by atoms with E-state index in [0.29, 0.717) is 6.04 Å². The van der Waals surface area contributed by atoms with Gasteiger partial charge in [0.2, 0.25) is 5.91 Å². The van der Waals surface area contributed by atoms with Crippen LogP contribution in [0.2, 0.25) is 0 Å². The van der Waals surface area contributed by atoms with Crippen LogP contribution in [-0.2, 0) is 9.53 Å². The lowest BCUT2D eigenvalue weighted by Crippen LogP contribution is -2.57. The van der Waals surface area contributed by atoms with Gasteiger partial charge in [-0.05, 0) is 47.0 Å². The van der Waals surface area contributed by atoms with Crippen LogP contribution in [0.5, 0.6) is 0 Å². The number of nitrogens with one attached hydrogen (secondary N) is 1. The van der Waals surface area contributed by atoms with Gasteiger partial charge in [-0.2, -0.15) is 0 Å². The summed E-state index contributed by atoms with van der Waals surface area (Å²) in [6.07, 6.45) is 3.22. The number of carbonyl (C=O) groups excluding carboxylic acids is 1. The molecule has 4 unspecified atom stereocenters. The molecule has 0 spiro atoms. The van der Waals surface area contributed by atoms with Gasteiger partial charge >= 0.3 is 0 Å². The zero-order valence-corrected chi connectivity index (χ0v) is 13.2. The summed E-state index contributed by atoms with van der Waals surface area (Å²) in [7, 11) is 0. The Hall–Kier alpha value is -0.650. The maximum Gasteiger partial charge on any atom is 0.237 e. The van der Waals surface area contributed by atoms with E-state index >= 15 is 0 Å². The zero-order chi connectivity index (χ0) is 14.9. The van der Waals surface area contributed by atoms with E-state index < -0.39 is 5.54 Å². The van der Waals surface area contributed by atoms with Crippen molar-refractivity contribution in [2.24, 2.45) is 5.73 Å². The van der Waals surface area contributed by atoms with Gasteiger partial charge in [-0.15, -0.1) is 0 Å². The highest BCUT2D eigenvalue weighted by atomic mass is 16.5. The Morgan fingerprint density at radius 1 is 1.35 bits per heavy atom. The highest BCUT2D eigenvalue weighted by Crippen LogP contribution is 2.34. The Bertz CT molecular complexity index is 351. The smallest absolute Gasteiger partial charge is 0.237 e. The fraction of sp³-hybridized carbons (Fsp3) is 0.933. The van der Waals surface area contributed by atoms with Crippen LogP contribution >= 0.6 is 0 Å². The van der Waals surface area contributed by atoms with E-state index in [2.05, 4.69) is 37.9 Å². The van der Waals surface area contributed by atoms with Crippen molar-refractivity contribution >= 4 is 5.91 Å². The lowest BCUT2D eigenvalue weighted by molar-refractivity contribution is -0.125. The number of carbonyl (C=O) groups is 1. The van der Waals surface area contributed by atoms with Crippen molar-refractivity contribution in [1.82, 2.24) is 10.2 Å². The molecule has 2 fully saturated rings. The lowest BCUT2D eigenvalue weighted by atomic mass is 9.95. The Kier molecular flexibility index (Phi) is 4.72. The van der Waals surface area contributed by atoms with Crippen molar-refractivity contribution in [3.05, 3.63) is 0 Å². The molecule has 1 heterocycles. The molecular formula is C15H29N3O2. The van der Waals surface area contributed by atoms with E-state index in [1.165, 1.54) is 0 Å². The predicted molar refractivity (Wildman–Crippen MR) is 79.4 cm³/mol. The predicted octanol–water partition coefficient (Wildman–Crippen LogP) is 0.870. The maximum absolute atomic E-state index is 11.9. The van der Waals surface area contributed by atoms with Crippen LogP contribution in [0.3, 0.4) is 0 Å². The third kappa shape index (κ3) is 3.32. The molecule has 0 aromatic rings. The third-order valence-electron chi connectivity index (χ3n) is 4.49. The summed E-state index contributed by atoms with van der Waals surface area (Å²) in [5, 5.41) is 3.41. The van der Waals surface area contributed by atoms with E-state index in [4.69, 9.17) is 10.5 Å². The third-order valence-corrected chi connectivity index (χ3v) is 4.49. The van der Waals surface area contributed by atoms with E-state index in [1.807, 2.05) is 0 Å². The molecule has 3 N–H and O–H groups in total. The second-order valence-corrected chi connectivity index (χ2v) is 6.85. The normalized spacial score (nSPS) is 39.4. The maximum atomic E-state index is 11.9. The lowest BCUT2D eigenvalue weighted by Gasteiger charge is -2.39. The van der Waals surface area contributed by atoms with Crippen LogP contribution in [0.25, 0.3) is 0 Å². The molecule has 0 aromatic heterocycles. The molecule has 2 aliphatic rings. The van der Waals surface area contributed by atoms with E-state index in [1.54, 1.807) is 0 Å². The monoisotopic (exact) mass is 283 g/mol. The van der Waals surface area contributed by atoms with Crippen LogP contribution < -0.4 is 11.1 Å². The van der Waals surface area contributed by atoms with E-state index in [0.717, 1.165) is 32.4 Å². The van der Waals surface area contributed by atoms with Gasteiger partial charge in [0.05, 0.1) is 17.7 Å². The molecule has 1 aliphatic heterocycles. The van der Waals surface area contributed by atoms with Crippen LogP contribution in [0.4, 0.5) is 0 Å². The van der Waals surface area contributed by atoms with Gasteiger partial charge in [-0.3, -0.25) is 9.69 Å². The molecule has 4 atom stereocenters. The molecule has 1 saturated heterocycles. The van der Waals surface area contributed by atoms with Crippen molar-refractivity contribution in [3.8, 4) is 0 Å². The average Bonchev–Trinajstić information content (AvgIpc) is 2.72. The highest BCUT2D eigenvalue weighted by Gasteiger charge is 2.46. The molecule has 0 bridgehead atoms. The molecule has 1 saturated carbocycles. The molecule has 1 aliphatic carbocycles. The molecule has 0 radical (unpaired) electrons. The summed E-state index contributed by atoms with van der Waals surface area (Å²) >= 11 is 0. The average molecular weight is 283 g/mol. The van der Waals surface area contributed by atoms with Gasteiger partial charge in [0.25, 0.3) is 0 Å². The quantitative estimate of drug-likeness (QED) is 0.803. The standard InChI is InChI=1S/C15H29N3O2/c1-10(2)17-15(14(16)19)6-5-13(7-15)18-8-11(3)20-12(4)9-18/h10-13,17H,5-9H2,1-4H3,(H2,16,19). The summed E-state index contributed by atoms with van der Waals surface area (Å²) in [6, 6.07) is 0.700. The van der Waals surface area contributed by atoms with Crippen LogP contribution in [0.1, 0.15) is 47.0 Å². The second kappa shape index (κ2) is 6.00. The minimum absolute atomic E-state index is 0.206. The van der Waals surface area contributed by atoms with Crippen LogP contribution in [-0.4, -0.2) is 53.7 Å². The van der Waals surface area contributed by atoms with Crippen molar-refractivity contribution in [3.63, 3.8) is 0 Å². The minimum atomic E-state index is -0.524. The first-order chi connectivity index (χ1) is 9.32. The van der Waals surface area contributed by atoms with Gasteiger partial charge in [0.15, 0.2) is 0 Å². The number of rotatable bonds is 4. The number of amides is 1. The fourth-order valence-corrected chi connectivity index (χ4v) is 3.83. The zero-order valence-electron chi connectivity index (χ0n) is 13.2. The molecular weight excluding hydrogens is 254 g/mol. The molecule has 0 aromatic carbocycles. The summed E-state index contributed by atoms with van der Waals surface area (Å²) in [5.41, 5.74) is 5.16. The van der Waals surface area contributed by atoms with Gasteiger partial charge in [0, 0.05) is 25.2 Å². The summed E-state index contributed by atoms with van der Waals surface area (Å²) in [4.78, 5) is 14.4. The Balaban J connectivity index is 2.04. The largest absolute Gasteiger partial charge is 0.373 e. The SMILES string of the molecule is CC(C)NC1(C(N)=O)CCC(N2CC(C)OC(C)C2)C1. The first-order valence-electron chi connectivity index (χ1n) is 7.79. The van der Waals surface area contributed by atoms with Gasteiger partial charge in [-0.25, -0.2) is 0 Å². The van der Waals surface area contributed by atoms with Crippen LogP contribution in [0.15, 0.2) is 0 Å². The highest BCUT2D eigenvalue weighted by molar-refractivity contribution is 5.85. The Morgan fingerprint density at radius 3 is 2.45 bits per heavy atom. The Morgan fingerprint density at radius 2 is 1.95 bits per heavy atom. The van der Waals surface area contributed by atoms with Gasteiger partial charge in [0.1, 0.15) is 0 Å². The number of nitrogens with zero attached hydrogens (tertiary/aromatic N) is 1. The molecule has 5 heteroatoms. The first kappa shape index (κ1) is 15.7. The summed E-state index contributed by atoms with van der Waals surface area (Å²) in [6.45, 7) is 10.3. The number of ether oxygens (including phenoxy) is 1. The van der Waals surface area contributed by atoms with Crippen molar-refractivity contribution in [2.45, 2.75) is 76.8 Å². The Labute approximate surface area is 122 Å². The molecule has 2 rings (SSSR count). The van der Waals surface area contributed by atoms with Crippen molar-refractivity contribution in [2.75, 3.05) is 13.1 Å². The summed E-state index contributed by atoms with van der Waals surface area (Å²) in [5.74, 6) is -0.206. The van der Waals surface area contributed by atoms with E-state index in [9.17, 15) is 4.79 Å². The van der Waals surface area contributed by atoms with Crippen molar-refractivity contribution < 1.29 is 9.53 Å². The number of primary amides is 1. The van der Waals surface area contributed by atoms with Crippen LogP contribution in [0, 0.1) is 0 Å². The van der Waals surface area contributed by atoms with E-state index in [-0.39, 0.29) is 24.2 Å². The number of morpholine rings is 1. The summed E-state index contributed by atoms with van der Waals surface area (Å²) < 4.78 is 5.79. The molecule has 116 valence electrons. The number of hydrogen-bond donors (Lipinski definition) is 2.